The number of nitrogens with one attached hydrogen (secondary N) is 2. The molecule has 0 bridgehead atoms. The summed E-state index contributed by atoms with van der Waals surface area (Å²) < 4.78 is 2.82. The van der Waals surface area contributed by atoms with E-state index in [1.54, 1.807) is 0 Å². The van der Waals surface area contributed by atoms with Crippen molar-refractivity contribution in [1.82, 2.24) is 15.1 Å². The van der Waals surface area contributed by atoms with Gasteiger partial charge in [0, 0.05) is 22.7 Å². The quantitative estimate of drug-likeness (QED) is 0.520. The topological polar surface area (TPSA) is 59.0 Å². The largest absolute Gasteiger partial charge is 0.380 e. The minimum atomic E-state index is -0.0936. The van der Waals surface area contributed by atoms with Gasteiger partial charge in [-0.1, -0.05) is 48.0 Å². The zero-order chi connectivity index (χ0) is 21.0. The van der Waals surface area contributed by atoms with Crippen LogP contribution < -0.4 is 10.6 Å². The highest BCUT2D eigenvalue weighted by atomic mass is 79.9. The second-order valence-corrected chi connectivity index (χ2v) is 8.42. The second kappa shape index (κ2) is 9.27. The monoisotopic (exact) mass is 454 g/mol. The Morgan fingerprint density at radius 2 is 1.72 bits per heavy atom. The molecule has 6 heteroatoms. The summed E-state index contributed by atoms with van der Waals surface area (Å²) in [5, 5.41) is 11.2. The molecule has 2 N–H and O–H groups in total. The number of anilines is 1. The Morgan fingerprint density at radius 1 is 1.07 bits per heavy atom. The molecular formula is C23H27BrN4O. The van der Waals surface area contributed by atoms with Gasteiger partial charge in [0.2, 0.25) is 0 Å². The van der Waals surface area contributed by atoms with Gasteiger partial charge in [-0.25, -0.2) is 4.68 Å². The van der Waals surface area contributed by atoms with Crippen molar-refractivity contribution in [2.75, 3.05) is 11.9 Å². The molecule has 29 heavy (non-hydrogen) atoms. The van der Waals surface area contributed by atoms with E-state index in [9.17, 15) is 4.79 Å². The van der Waals surface area contributed by atoms with Crippen molar-refractivity contribution in [2.24, 2.45) is 5.92 Å². The number of aromatic nitrogens is 2. The van der Waals surface area contributed by atoms with Gasteiger partial charge in [-0.2, -0.15) is 5.10 Å². The van der Waals surface area contributed by atoms with Gasteiger partial charge < -0.3 is 10.6 Å². The molecule has 1 heterocycles. The molecule has 5 nitrogen and oxygen atoms in total. The number of hydrogen-bond acceptors (Lipinski definition) is 3. The molecule has 1 atom stereocenters. The van der Waals surface area contributed by atoms with Gasteiger partial charge in [0.15, 0.2) is 0 Å². The molecule has 2 aromatic carbocycles. The fourth-order valence-corrected chi connectivity index (χ4v) is 3.56. The van der Waals surface area contributed by atoms with Gasteiger partial charge in [-0.15, -0.1) is 0 Å². The van der Waals surface area contributed by atoms with Crippen molar-refractivity contribution in [1.29, 1.82) is 0 Å². The number of hydrogen-bond donors (Lipinski definition) is 2. The first kappa shape index (κ1) is 21.1. The van der Waals surface area contributed by atoms with Crippen LogP contribution in [0.25, 0.3) is 5.69 Å². The van der Waals surface area contributed by atoms with E-state index in [1.807, 2.05) is 73.1 Å². The predicted octanol–water partition coefficient (Wildman–Crippen LogP) is 5.12. The first-order valence-electron chi connectivity index (χ1n) is 9.78. The van der Waals surface area contributed by atoms with E-state index in [2.05, 4.69) is 45.5 Å². The Bertz CT molecular complexity index is 965. The Hall–Kier alpha value is -2.60. The number of para-hydroxylation sites is 1. The van der Waals surface area contributed by atoms with Gasteiger partial charge >= 0.3 is 0 Å². The molecule has 1 aromatic heterocycles. The van der Waals surface area contributed by atoms with E-state index in [4.69, 9.17) is 0 Å². The lowest BCUT2D eigenvalue weighted by Crippen LogP contribution is -2.39. The molecule has 0 saturated heterocycles. The molecule has 0 aliphatic heterocycles. The molecule has 3 aromatic rings. The van der Waals surface area contributed by atoms with Crippen molar-refractivity contribution in [2.45, 2.75) is 33.7 Å². The first-order valence-corrected chi connectivity index (χ1v) is 10.6. The van der Waals surface area contributed by atoms with E-state index < -0.39 is 0 Å². The molecule has 0 saturated carbocycles. The molecule has 152 valence electrons. The van der Waals surface area contributed by atoms with Crippen molar-refractivity contribution < 1.29 is 4.79 Å². The lowest BCUT2D eigenvalue weighted by molar-refractivity contribution is 0.0949. The van der Waals surface area contributed by atoms with E-state index in [-0.39, 0.29) is 11.9 Å². The molecule has 0 aliphatic carbocycles. The summed E-state index contributed by atoms with van der Waals surface area (Å²) >= 11 is 3.45. The average molecular weight is 455 g/mol. The van der Waals surface area contributed by atoms with Crippen molar-refractivity contribution in [3.8, 4) is 5.69 Å². The van der Waals surface area contributed by atoms with Gasteiger partial charge in [-0.3, -0.25) is 4.79 Å². The number of nitrogens with zero attached hydrogens (tertiary/aromatic N) is 2. The van der Waals surface area contributed by atoms with Crippen molar-refractivity contribution in [3.05, 3.63) is 76.0 Å². The minimum Gasteiger partial charge on any atom is -0.380 e. The van der Waals surface area contributed by atoms with Crippen molar-refractivity contribution in [3.63, 3.8) is 0 Å². The Morgan fingerprint density at radius 3 is 2.34 bits per heavy atom. The van der Waals surface area contributed by atoms with Crippen LogP contribution >= 0.6 is 15.9 Å². The Balaban J connectivity index is 1.74. The zero-order valence-electron chi connectivity index (χ0n) is 17.2. The average Bonchev–Trinajstić information content (AvgIpc) is 3.00. The number of carbonyl (C=O) groups excluding carboxylic acids is 1. The molecule has 0 radical (unpaired) electrons. The SMILES string of the molecule is Cc1nn(-c2ccc(Br)cc2)c(C)c1C(=O)NCC(Nc1ccccc1)C(C)C. The van der Waals surface area contributed by atoms with Crippen LogP contribution in [-0.2, 0) is 0 Å². The van der Waals surface area contributed by atoms with Gasteiger partial charge in [0.05, 0.1) is 22.6 Å². The zero-order valence-corrected chi connectivity index (χ0v) is 18.8. The van der Waals surface area contributed by atoms with Crippen LogP contribution in [0.2, 0.25) is 0 Å². The number of rotatable bonds is 7. The fourth-order valence-electron chi connectivity index (χ4n) is 3.30. The molecule has 0 fully saturated rings. The standard InChI is InChI=1S/C23H27BrN4O/c1-15(2)21(26-19-8-6-5-7-9-19)14-25-23(29)22-16(3)27-28(17(22)4)20-12-10-18(24)11-13-20/h5-13,15,21,26H,14H2,1-4H3,(H,25,29). The van der Waals surface area contributed by atoms with Crippen LogP contribution in [0.4, 0.5) is 5.69 Å². The van der Waals surface area contributed by atoms with Gasteiger partial charge in [0.25, 0.3) is 5.91 Å². The number of halogens is 1. The normalized spacial score (nSPS) is 12.1. The van der Waals surface area contributed by atoms with Crippen molar-refractivity contribution >= 4 is 27.5 Å². The summed E-state index contributed by atoms with van der Waals surface area (Å²) in [6.07, 6.45) is 0. The maximum atomic E-state index is 13.0. The molecule has 1 amide bonds. The van der Waals surface area contributed by atoms with Gasteiger partial charge in [-0.05, 0) is 56.2 Å². The minimum absolute atomic E-state index is 0.0936. The summed E-state index contributed by atoms with van der Waals surface area (Å²) in [4.78, 5) is 13.0. The van der Waals surface area contributed by atoms with E-state index in [0.29, 0.717) is 18.0 Å². The maximum absolute atomic E-state index is 13.0. The lowest BCUT2D eigenvalue weighted by atomic mass is 10.0. The summed E-state index contributed by atoms with van der Waals surface area (Å²) in [6, 6.07) is 18.1. The lowest BCUT2D eigenvalue weighted by Gasteiger charge is -2.24. The van der Waals surface area contributed by atoms with Crippen LogP contribution in [0.15, 0.2) is 59.1 Å². The third-order valence-electron chi connectivity index (χ3n) is 5.00. The fraction of sp³-hybridized carbons (Fsp3) is 0.304. The summed E-state index contributed by atoms with van der Waals surface area (Å²) in [7, 11) is 0. The second-order valence-electron chi connectivity index (χ2n) is 7.50. The van der Waals surface area contributed by atoms with E-state index in [1.165, 1.54) is 0 Å². The van der Waals surface area contributed by atoms with Crippen LogP contribution in [0, 0.1) is 19.8 Å². The highest BCUT2D eigenvalue weighted by Crippen LogP contribution is 2.20. The van der Waals surface area contributed by atoms with Crippen LogP contribution in [0.1, 0.15) is 35.6 Å². The number of aryl methyl sites for hydroxylation is 1. The Labute approximate surface area is 180 Å². The molecule has 1 unspecified atom stereocenters. The molecule has 0 spiro atoms. The Kier molecular flexibility index (Phi) is 6.75. The highest BCUT2D eigenvalue weighted by Gasteiger charge is 2.21. The summed E-state index contributed by atoms with van der Waals surface area (Å²) in [5.41, 5.74) is 4.17. The number of benzene rings is 2. The summed E-state index contributed by atoms with van der Waals surface area (Å²) in [5.74, 6) is 0.270. The smallest absolute Gasteiger partial charge is 0.255 e. The molecule has 3 rings (SSSR count). The molecular weight excluding hydrogens is 428 g/mol. The summed E-state index contributed by atoms with van der Waals surface area (Å²) in [6.45, 7) is 8.63. The number of carbonyl (C=O) groups is 1. The van der Waals surface area contributed by atoms with E-state index in [0.717, 1.165) is 27.2 Å². The maximum Gasteiger partial charge on any atom is 0.255 e. The van der Waals surface area contributed by atoms with Crippen LogP contribution in [-0.4, -0.2) is 28.3 Å². The predicted molar refractivity (Wildman–Crippen MR) is 122 cm³/mol. The van der Waals surface area contributed by atoms with Gasteiger partial charge in [0.1, 0.15) is 0 Å². The van der Waals surface area contributed by atoms with Crippen LogP contribution in [0.3, 0.4) is 0 Å². The number of amides is 1. The van der Waals surface area contributed by atoms with E-state index >= 15 is 0 Å². The van der Waals surface area contributed by atoms with Crippen LogP contribution in [0.5, 0.6) is 0 Å². The molecule has 0 aliphatic rings. The highest BCUT2D eigenvalue weighted by molar-refractivity contribution is 9.10. The third-order valence-corrected chi connectivity index (χ3v) is 5.53. The third kappa shape index (κ3) is 5.07. The first-order chi connectivity index (χ1) is 13.9.